The van der Waals surface area contributed by atoms with Crippen LogP contribution in [0.25, 0.3) is 0 Å². The van der Waals surface area contributed by atoms with Crippen LogP contribution in [-0.4, -0.2) is 30.2 Å². The second-order valence-electron chi connectivity index (χ2n) is 7.09. The van der Waals surface area contributed by atoms with Crippen LogP contribution in [-0.2, 0) is 17.5 Å². The second-order valence-corrected chi connectivity index (χ2v) is 8.06. The summed E-state index contributed by atoms with van der Waals surface area (Å²) in [5.74, 6) is 0. The number of thiazole rings is 1. The Bertz CT molecular complexity index is 816. The number of nitrogens with zero attached hydrogens (tertiary/aromatic N) is 1. The largest absolute Gasteiger partial charge is 0.416 e. The van der Waals surface area contributed by atoms with Gasteiger partial charge in [0, 0.05) is 23.2 Å². The van der Waals surface area contributed by atoms with Crippen molar-refractivity contribution in [2.24, 2.45) is 5.73 Å². The van der Waals surface area contributed by atoms with Crippen LogP contribution < -0.4 is 16.4 Å². The topological polar surface area (TPSA) is 60.2 Å². The van der Waals surface area contributed by atoms with Gasteiger partial charge in [0.25, 0.3) is 0 Å². The molecule has 0 spiro atoms. The average molecular weight is 377 g/mol. The predicted molar refractivity (Wildman–Crippen MR) is 112 cm³/mol. The van der Waals surface area contributed by atoms with Gasteiger partial charge in [-0.15, -0.1) is 11.3 Å². The zero-order chi connectivity index (χ0) is 18.5. The molecule has 3 N–H and O–H groups in total. The summed E-state index contributed by atoms with van der Waals surface area (Å²) in [5.41, 5.74) is 10.9. The molecule has 1 aromatic heterocycles. The summed E-state index contributed by atoms with van der Waals surface area (Å²) >= 11 is 1.70. The minimum Gasteiger partial charge on any atom is -0.413 e. The smallest absolute Gasteiger partial charge is 0.413 e. The maximum atomic E-state index is 6.59. The molecule has 0 amide bonds. The molecule has 138 valence electrons. The third kappa shape index (κ3) is 4.84. The molecule has 1 saturated heterocycles. The summed E-state index contributed by atoms with van der Waals surface area (Å²) in [6.07, 6.45) is 4.63. The van der Waals surface area contributed by atoms with E-state index >= 15 is 0 Å². The molecule has 1 aliphatic rings. The summed E-state index contributed by atoms with van der Waals surface area (Å²) in [7, 11) is -0.135. The zero-order valence-corrected chi connectivity index (χ0v) is 16.0. The first-order valence-corrected chi connectivity index (χ1v) is 10.3. The van der Waals surface area contributed by atoms with Crippen molar-refractivity contribution in [3.8, 4) is 0 Å². The van der Waals surface area contributed by atoms with Crippen molar-refractivity contribution in [1.82, 2.24) is 10.2 Å². The number of nitrogens with two attached hydrogens (primary N) is 1. The summed E-state index contributed by atoms with van der Waals surface area (Å²) in [4.78, 5) is 5.50. The van der Waals surface area contributed by atoms with Gasteiger partial charge in [-0.1, -0.05) is 60.7 Å². The van der Waals surface area contributed by atoms with Crippen LogP contribution in [0.1, 0.15) is 16.9 Å². The van der Waals surface area contributed by atoms with Gasteiger partial charge in [0.2, 0.25) is 0 Å². The van der Waals surface area contributed by atoms with Gasteiger partial charge < -0.3 is 15.6 Å². The first-order chi connectivity index (χ1) is 13.3. The molecule has 3 atom stereocenters. The van der Waals surface area contributed by atoms with Crippen LogP contribution in [0.3, 0.4) is 0 Å². The van der Waals surface area contributed by atoms with E-state index in [2.05, 4.69) is 46.6 Å². The van der Waals surface area contributed by atoms with E-state index in [4.69, 9.17) is 10.4 Å². The van der Waals surface area contributed by atoms with E-state index in [1.54, 1.807) is 11.3 Å². The Morgan fingerprint density at radius 1 is 1.15 bits per heavy atom. The Balaban J connectivity index is 1.50. The fraction of sp³-hybridized carbons (Fsp3) is 0.286. The van der Waals surface area contributed by atoms with Crippen molar-refractivity contribution >= 4 is 23.9 Å². The van der Waals surface area contributed by atoms with Gasteiger partial charge in [-0.05, 0) is 30.3 Å². The van der Waals surface area contributed by atoms with E-state index in [1.165, 1.54) is 10.4 Å². The molecule has 1 aliphatic heterocycles. The van der Waals surface area contributed by atoms with Crippen LogP contribution in [0.15, 0.2) is 72.4 Å². The lowest BCUT2D eigenvalue weighted by atomic mass is 9.69. The van der Waals surface area contributed by atoms with Gasteiger partial charge in [-0.25, -0.2) is 0 Å². The van der Waals surface area contributed by atoms with Gasteiger partial charge in [0.15, 0.2) is 0 Å². The standard InChI is InChI=1S/C21H24BN3OS/c23-20(11-16-7-3-1-4-8-16)21-13-18(12-19-14-24-15-27-19)25-22(26-21)17-9-5-2-6-10-17/h1-10,14-15,18,20-21,25H,11-13,23H2/t18-,20?,21?/m1/s1. The maximum absolute atomic E-state index is 6.59. The van der Waals surface area contributed by atoms with E-state index in [9.17, 15) is 0 Å². The molecule has 0 bridgehead atoms. The molecule has 1 fully saturated rings. The Kier molecular flexibility index (Phi) is 5.99. The van der Waals surface area contributed by atoms with Crippen molar-refractivity contribution in [2.45, 2.75) is 37.5 Å². The average Bonchev–Trinajstić information content (AvgIpc) is 3.22. The molecular weight excluding hydrogens is 353 g/mol. The normalized spacial score (nSPS) is 21.1. The number of nitrogens with one attached hydrogen (secondary N) is 1. The first-order valence-electron chi connectivity index (χ1n) is 9.41. The van der Waals surface area contributed by atoms with Gasteiger partial charge >= 0.3 is 7.05 Å². The van der Waals surface area contributed by atoms with Crippen LogP contribution in [0.5, 0.6) is 0 Å². The van der Waals surface area contributed by atoms with Crippen molar-refractivity contribution in [1.29, 1.82) is 0 Å². The van der Waals surface area contributed by atoms with Crippen molar-refractivity contribution in [2.75, 3.05) is 0 Å². The van der Waals surface area contributed by atoms with E-state index in [0.29, 0.717) is 6.04 Å². The number of aromatic nitrogens is 1. The molecule has 4 nitrogen and oxygen atoms in total. The number of hydrogen-bond acceptors (Lipinski definition) is 5. The summed E-state index contributed by atoms with van der Waals surface area (Å²) in [5, 5.41) is 3.66. The lowest BCUT2D eigenvalue weighted by Crippen LogP contribution is -2.62. The highest BCUT2D eigenvalue weighted by atomic mass is 32.1. The molecule has 6 heteroatoms. The van der Waals surface area contributed by atoms with Crippen LogP contribution in [0.4, 0.5) is 0 Å². The van der Waals surface area contributed by atoms with Gasteiger partial charge in [0.05, 0.1) is 11.6 Å². The van der Waals surface area contributed by atoms with Crippen LogP contribution >= 0.6 is 11.3 Å². The molecule has 27 heavy (non-hydrogen) atoms. The molecular formula is C21H24BN3OS. The number of benzene rings is 2. The number of rotatable bonds is 6. The molecule has 2 unspecified atom stereocenters. The van der Waals surface area contributed by atoms with Crippen LogP contribution in [0, 0.1) is 0 Å². The predicted octanol–water partition coefficient (Wildman–Crippen LogP) is 2.40. The molecule has 0 saturated carbocycles. The zero-order valence-electron chi connectivity index (χ0n) is 15.2. The fourth-order valence-electron chi connectivity index (χ4n) is 3.66. The van der Waals surface area contributed by atoms with Crippen molar-refractivity contribution in [3.63, 3.8) is 0 Å². The van der Waals surface area contributed by atoms with Gasteiger partial charge in [-0.2, -0.15) is 0 Å². The van der Waals surface area contributed by atoms with Crippen molar-refractivity contribution < 1.29 is 4.65 Å². The Morgan fingerprint density at radius 3 is 2.59 bits per heavy atom. The summed E-state index contributed by atoms with van der Waals surface area (Å²) < 4.78 is 6.41. The molecule has 4 rings (SSSR count). The quantitative estimate of drug-likeness (QED) is 0.648. The minimum atomic E-state index is -0.135. The van der Waals surface area contributed by atoms with Gasteiger partial charge in [-0.3, -0.25) is 4.98 Å². The lowest BCUT2D eigenvalue weighted by molar-refractivity contribution is 0.122. The van der Waals surface area contributed by atoms with Gasteiger partial charge in [0.1, 0.15) is 0 Å². The Labute approximate surface area is 164 Å². The van der Waals surface area contributed by atoms with E-state index in [0.717, 1.165) is 24.7 Å². The molecule has 0 aliphatic carbocycles. The van der Waals surface area contributed by atoms with E-state index in [-0.39, 0.29) is 19.2 Å². The first kappa shape index (κ1) is 18.4. The van der Waals surface area contributed by atoms with E-state index < -0.39 is 0 Å². The molecule has 0 radical (unpaired) electrons. The SMILES string of the molecule is NC(Cc1ccccc1)C1C[C@@H](Cc2cncs2)NB(c2ccccc2)O1. The summed E-state index contributed by atoms with van der Waals surface area (Å²) in [6.45, 7) is 0. The third-order valence-corrected chi connectivity index (χ3v) is 5.84. The Morgan fingerprint density at radius 2 is 1.89 bits per heavy atom. The highest BCUT2D eigenvalue weighted by molar-refractivity contribution is 7.09. The van der Waals surface area contributed by atoms with E-state index in [1.807, 2.05) is 36.0 Å². The highest BCUT2D eigenvalue weighted by Crippen LogP contribution is 2.20. The third-order valence-electron chi connectivity index (χ3n) is 5.04. The summed E-state index contributed by atoms with van der Waals surface area (Å²) in [6, 6.07) is 21.0. The fourth-order valence-corrected chi connectivity index (χ4v) is 4.33. The molecule has 2 heterocycles. The molecule has 3 aromatic rings. The minimum absolute atomic E-state index is 0.00887. The van der Waals surface area contributed by atoms with Crippen molar-refractivity contribution in [3.05, 3.63) is 82.8 Å². The molecule has 2 aromatic carbocycles. The lowest BCUT2D eigenvalue weighted by Gasteiger charge is -2.38. The number of hydrogen-bond donors (Lipinski definition) is 2. The maximum Gasteiger partial charge on any atom is 0.416 e. The Hall–Kier alpha value is -1.99. The monoisotopic (exact) mass is 377 g/mol. The second kappa shape index (κ2) is 8.80. The van der Waals surface area contributed by atoms with Crippen LogP contribution in [0.2, 0.25) is 0 Å². The highest BCUT2D eigenvalue weighted by Gasteiger charge is 2.36.